The quantitative estimate of drug-likeness (QED) is 0.642. The number of rotatable bonds is 5. The van der Waals surface area contributed by atoms with E-state index in [4.69, 9.17) is 4.74 Å². The number of nitrogens with zero attached hydrogens (tertiary/aromatic N) is 2. The summed E-state index contributed by atoms with van der Waals surface area (Å²) < 4.78 is 5.12. The van der Waals surface area contributed by atoms with Gasteiger partial charge in [-0.2, -0.15) is 5.10 Å². The SMILES string of the molecule is CCc1cc(=O)[nH]c(N/N=C\c2cccc(OC)c2)n1. The zero-order chi connectivity index (χ0) is 14.4. The molecule has 2 rings (SSSR count). The molecule has 0 aliphatic rings. The van der Waals surface area contributed by atoms with Crippen LogP contribution in [0, 0.1) is 0 Å². The van der Waals surface area contributed by atoms with Crippen LogP contribution >= 0.6 is 0 Å². The minimum absolute atomic E-state index is 0.198. The van der Waals surface area contributed by atoms with Gasteiger partial charge in [0.15, 0.2) is 0 Å². The molecule has 0 amide bonds. The maximum absolute atomic E-state index is 11.4. The van der Waals surface area contributed by atoms with Gasteiger partial charge in [0.05, 0.1) is 13.3 Å². The first-order chi connectivity index (χ1) is 9.71. The number of ether oxygens (including phenoxy) is 1. The summed E-state index contributed by atoms with van der Waals surface area (Å²) in [5.41, 5.74) is 4.11. The van der Waals surface area contributed by atoms with Crippen LogP contribution in [0.5, 0.6) is 5.75 Å². The monoisotopic (exact) mass is 272 g/mol. The van der Waals surface area contributed by atoms with E-state index in [0.29, 0.717) is 18.1 Å². The second kappa shape index (κ2) is 6.51. The smallest absolute Gasteiger partial charge is 0.252 e. The van der Waals surface area contributed by atoms with Crippen molar-refractivity contribution < 1.29 is 4.74 Å². The molecule has 1 aromatic heterocycles. The number of aromatic nitrogens is 2. The van der Waals surface area contributed by atoms with Gasteiger partial charge in [0.2, 0.25) is 5.95 Å². The molecule has 0 bridgehead atoms. The van der Waals surface area contributed by atoms with Crippen LogP contribution in [0.3, 0.4) is 0 Å². The van der Waals surface area contributed by atoms with Gasteiger partial charge in [0.1, 0.15) is 5.75 Å². The van der Waals surface area contributed by atoms with Crippen molar-refractivity contribution in [2.45, 2.75) is 13.3 Å². The standard InChI is InChI=1S/C14H16N4O2/c1-3-11-8-13(19)17-14(16-11)18-15-9-10-5-4-6-12(7-10)20-2/h4-9H,3H2,1-2H3,(H2,16,17,18,19)/b15-9-. The van der Waals surface area contributed by atoms with E-state index in [9.17, 15) is 4.79 Å². The van der Waals surface area contributed by atoms with Crippen LogP contribution in [-0.4, -0.2) is 23.3 Å². The van der Waals surface area contributed by atoms with Gasteiger partial charge in [0, 0.05) is 11.8 Å². The van der Waals surface area contributed by atoms with Gasteiger partial charge in [0.25, 0.3) is 5.56 Å². The molecule has 1 aromatic carbocycles. The molecule has 0 aliphatic carbocycles. The number of hydrogen-bond donors (Lipinski definition) is 2. The zero-order valence-electron chi connectivity index (χ0n) is 11.4. The molecule has 0 saturated heterocycles. The maximum atomic E-state index is 11.4. The summed E-state index contributed by atoms with van der Waals surface area (Å²) >= 11 is 0. The molecular weight excluding hydrogens is 256 g/mol. The molecular formula is C14H16N4O2. The Kier molecular flexibility index (Phi) is 4.49. The summed E-state index contributed by atoms with van der Waals surface area (Å²) in [7, 11) is 1.61. The number of methoxy groups -OCH3 is 1. The fourth-order valence-electron chi connectivity index (χ4n) is 1.63. The van der Waals surface area contributed by atoms with E-state index < -0.39 is 0 Å². The Morgan fingerprint density at radius 3 is 3.05 bits per heavy atom. The lowest BCUT2D eigenvalue weighted by Crippen LogP contribution is -2.11. The fourth-order valence-corrected chi connectivity index (χ4v) is 1.63. The molecule has 20 heavy (non-hydrogen) atoms. The van der Waals surface area contributed by atoms with Crippen molar-refractivity contribution in [3.63, 3.8) is 0 Å². The number of benzene rings is 1. The number of hydrazone groups is 1. The van der Waals surface area contributed by atoms with Gasteiger partial charge >= 0.3 is 0 Å². The topological polar surface area (TPSA) is 79.4 Å². The highest BCUT2D eigenvalue weighted by Gasteiger charge is 1.98. The Morgan fingerprint density at radius 1 is 1.45 bits per heavy atom. The van der Waals surface area contributed by atoms with E-state index in [1.165, 1.54) is 6.07 Å². The van der Waals surface area contributed by atoms with Crippen LogP contribution in [0.1, 0.15) is 18.2 Å². The first-order valence-corrected chi connectivity index (χ1v) is 6.24. The lowest BCUT2D eigenvalue weighted by atomic mass is 10.2. The summed E-state index contributed by atoms with van der Waals surface area (Å²) in [5, 5.41) is 4.04. The first kappa shape index (κ1) is 13.8. The van der Waals surface area contributed by atoms with Crippen molar-refractivity contribution in [1.29, 1.82) is 0 Å². The number of aromatic amines is 1. The molecule has 6 heteroatoms. The van der Waals surface area contributed by atoms with Crippen molar-refractivity contribution in [2.75, 3.05) is 12.5 Å². The summed E-state index contributed by atoms with van der Waals surface area (Å²) in [6.07, 6.45) is 2.32. The summed E-state index contributed by atoms with van der Waals surface area (Å²) in [6.45, 7) is 1.94. The predicted molar refractivity (Wildman–Crippen MR) is 78.4 cm³/mol. The van der Waals surface area contributed by atoms with Gasteiger partial charge in [-0.05, 0) is 24.1 Å². The molecule has 104 valence electrons. The molecule has 2 aromatic rings. The van der Waals surface area contributed by atoms with Crippen LogP contribution in [0.25, 0.3) is 0 Å². The highest BCUT2D eigenvalue weighted by atomic mass is 16.5. The fraction of sp³-hybridized carbons (Fsp3) is 0.214. The lowest BCUT2D eigenvalue weighted by molar-refractivity contribution is 0.415. The highest BCUT2D eigenvalue weighted by molar-refractivity contribution is 5.80. The Labute approximate surface area is 116 Å². The highest BCUT2D eigenvalue weighted by Crippen LogP contribution is 2.10. The third kappa shape index (κ3) is 3.68. The Bertz CT molecular complexity index is 664. The third-order valence-electron chi connectivity index (χ3n) is 2.63. The third-order valence-corrected chi connectivity index (χ3v) is 2.63. The number of hydrogen-bond acceptors (Lipinski definition) is 5. The molecule has 0 unspecified atom stereocenters. The Balaban J connectivity index is 2.09. The van der Waals surface area contributed by atoms with Gasteiger partial charge < -0.3 is 4.74 Å². The molecule has 0 spiro atoms. The van der Waals surface area contributed by atoms with Crippen molar-refractivity contribution >= 4 is 12.2 Å². The zero-order valence-corrected chi connectivity index (χ0v) is 11.4. The van der Waals surface area contributed by atoms with E-state index in [0.717, 1.165) is 11.3 Å². The van der Waals surface area contributed by atoms with Crippen LogP contribution in [0.4, 0.5) is 5.95 Å². The second-order valence-corrected chi connectivity index (χ2v) is 4.09. The van der Waals surface area contributed by atoms with Crippen LogP contribution in [0.2, 0.25) is 0 Å². The molecule has 0 fully saturated rings. The normalized spacial score (nSPS) is 10.7. The molecule has 6 nitrogen and oxygen atoms in total. The van der Waals surface area contributed by atoms with Crippen molar-refractivity contribution in [2.24, 2.45) is 5.10 Å². The average Bonchev–Trinajstić information content (AvgIpc) is 2.47. The number of nitrogens with one attached hydrogen (secondary N) is 2. The minimum Gasteiger partial charge on any atom is -0.497 e. The van der Waals surface area contributed by atoms with Gasteiger partial charge in [-0.15, -0.1) is 0 Å². The van der Waals surface area contributed by atoms with Crippen molar-refractivity contribution in [3.8, 4) is 5.75 Å². The van der Waals surface area contributed by atoms with Gasteiger partial charge in [-0.1, -0.05) is 19.1 Å². The molecule has 0 aliphatic heterocycles. The van der Waals surface area contributed by atoms with E-state index in [1.54, 1.807) is 13.3 Å². The van der Waals surface area contributed by atoms with E-state index in [1.807, 2.05) is 31.2 Å². The first-order valence-electron chi connectivity index (χ1n) is 6.24. The number of anilines is 1. The van der Waals surface area contributed by atoms with Crippen LogP contribution in [0.15, 0.2) is 40.2 Å². The Hall–Kier alpha value is -2.63. The van der Waals surface area contributed by atoms with Crippen LogP contribution in [-0.2, 0) is 6.42 Å². The van der Waals surface area contributed by atoms with E-state index >= 15 is 0 Å². The molecule has 2 N–H and O–H groups in total. The minimum atomic E-state index is -0.198. The maximum Gasteiger partial charge on any atom is 0.252 e. The lowest BCUT2D eigenvalue weighted by Gasteiger charge is -2.02. The van der Waals surface area contributed by atoms with E-state index in [2.05, 4.69) is 20.5 Å². The van der Waals surface area contributed by atoms with Crippen molar-refractivity contribution in [3.05, 3.63) is 51.9 Å². The Morgan fingerprint density at radius 2 is 2.30 bits per heavy atom. The largest absolute Gasteiger partial charge is 0.497 e. The van der Waals surface area contributed by atoms with Crippen LogP contribution < -0.4 is 15.7 Å². The molecule has 0 saturated carbocycles. The molecule has 0 radical (unpaired) electrons. The predicted octanol–water partition coefficient (Wildman–Crippen LogP) is 1.79. The van der Waals surface area contributed by atoms with E-state index in [-0.39, 0.29) is 5.56 Å². The average molecular weight is 272 g/mol. The summed E-state index contributed by atoms with van der Waals surface area (Å²) in [4.78, 5) is 18.2. The molecule has 1 heterocycles. The summed E-state index contributed by atoms with van der Waals surface area (Å²) in [6, 6.07) is 8.94. The number of aryl methyl sites for hydroxylation is 1. The van der Waals surface area contributed by atoms with Crippen molar-refractivity contribution in [1.82, 2.24) is 9.97 Å². The second-order valence-electron chi connectivity index (χ2n) is 4.09. The van der Waals surface area contributed by atoms with Gasteiger partial charge in [-0.25, -0.2) is 10.4 Å². The molecule has 0 atom stereocenters. The number of H-pyrrole nitrogens is 1. The van der Waals surface area contributed by atoms with Gasteiger partial charge in [-0.3, -0.25) is 9.78 Å². The summed E-state index contributed by atoms with van der Waals surface area (Å²) in [5.74, 6) is 1.09.